The van der Waals surface area contributed by atoms with Crippen molar-refractivity contribution in [1.82, 2.24) is 0 Å². The van der Waals surface area contributed by atoms with Gasteiger partial charge in [0.15, 0.2) is 0 Å². The molecule has 0 aliphatic heterocycles. The molecule has 2 N–H and O–H groups in total. The molecule has 0 aliphatic carbocycles. The van der Waals surface area contributed by atoms with Crippen LogP contribution in [-0.4, -0.2) is 19.5 Å². The molecule has 0 radical (unpaired) electrons. The van der Waals surface area contributed by atoms with E-state index < -0.39 is 0 Å². The summed E-state index contributed by atoms with van der Waals surface area (Å²) >= 11 is 0. The summed E-state index contributed by atoms with van der Waals surface area (Å²) in [6.45, 7) is 2.73. The van der Waals surface area contributed by atoms with E-state index in [9.17, 15) is 4.79 Å². The van der Waals surface area contributed by atoms with E-state index in [1.165, 1.54) is 5.56 Å². The second-order valence-corrected chi connectivity index (χ2v) is 4.26. The minimum Gasteiger partial charge on any atom is -0.330 e. The van der Waals surface area contributed by atoms with Crippen LogP contribution >= 0.6 is 0 Å². The Morgan fingerprint density at radius 2 is 1.94 bits per heavy atom. The molecule has 94 valence electrons. The van der Waals surface area contributed by atoms with Gasteiger partial charge in [-0.15, -0.1) is 0 Å². The van der Waals surface area contributed by atoms with E-state index >= 15 is 0 Å². The fourth-order valence-electron chi connectivity index (χ4n) is 1.74. The summed E-state index contributed by atoms with van der Waals surface area (Å²) in [6.07, 6.45) is 3.50. The zero-order chi connectivity index (χ0) is 12.7. The number of hydrogen-bond acceptors (Lipinski definition) is 2. The number of anilines is 1. The van der Waals surface area contributed by atoms with Gasteiger partial charge in [-0.2, -0.15) is 0 Å². The van der Waals surface area contributed by atoms with Gasteiger partial charge in [-0.1, -0.05) is 25.5 Å². The molecule has 0 saturated carbocycles. The van der Waals surface area contributed by atoms with E-state index in [0.717, 1.165) is 24.9 Å². The van der Waals surface area contributed by atoms with Gasteiger partial charge in [0.05, 0.1) is 0 Å². The van der Waals surface area contributed by atoms with Crippen molar-refractivity contribution in [1.29, 1.82) is 0 Å². The molecule has 1 aromatic rings. The van der Waals surface area contributed by atoms with Crippen LogP contribution in [0.1, 0.15) is 31.7 Å². The number of amides is 1. The molecule has 17 heavy (non-hydrogen) atoms. The van der Waals surface area contributed by atoms with Gasteiger partial charge in [0, 0.05) is 19.2 Å². The molecule has 3 heteroatoms. The zero-order valence-electron chi connectivity index (χ0n) is 10.8. The highest BCUT2D eigenvalue weighted by atomic mass is 16.2. The van der Waals surface area contributed by atoms with Gasteiger partial charge >= 0.3 is 0 Å². The minimum atomic E-state index is 0.124. The molecule has 0 fully saturated rings. The number of carbonyl (C=O) groups is 1. The van der Waals surface area contributed by atoms with E-state index in [0.29, 0.717) is 13.0 Å². The largest absolute Gasteiger partial charge is 0.330 e. The highest BCUT2D eigenvalue weighted by Crippen LogP contribution is 2.15. The van der Waals surface area contributed by atoms with Gasteiger partial charge in [-0.3, -0.25) is 4.79 Å². The average molecular weight is 234 g/mol. The predicted octanol–water partition coefficient (Wildman–Crippen LogP) is 2.34. The molecule has 0 bridgehead atoms. The maximum Gasteiger partial charge on any atom is 0.226 e. The predicted molar refractivity (Wildman–Crippen MR) is 72.1 cm³/mol. The van der Waals surface area contributed by atoms with Crippen LogP contribution < -0.4 is 10.6 Å². The summed E-state index contributed by atoms with van der Waals surface area (Å²) in [7, 11) is 1.81. The van der Waals surface area contributed by atoms with Gasteiger partial charge in [-0.25, -0.2) is 0 Å². The number of rotatable bonds is 6. The van der Waals surface area contributed by atoms with Crippen molar-refractivity contribution in [2.75, 3.05) is 18.5 Å². The minimum absolute atomic E-state index is 0.124. The van der Waals surface area contributed by atoms with Crippen molar-refractivity contribution in [3.63, 3.8) is 0 Å². The molecule has 0 spiro atoms. The van der Waals surface area contributed by atoms with Crippen molar-refractivity contribution >= 4 is 11.6 Å². The molecule has 0 aromatic heterocycles. The average Bonchev–Trinajstić information content (AvgIpc) is 2.36. The smallest absolute Gasteiger partial charge is 0.226 e. The fourth-order valence-corrected chi connectivity index (χ4v) is 1.74. The summed E-state index contributed by atoms with van der Waals surface area (Å²) < 4.78 is 0. The van der Waals surface area contributed by atoms with Crippen LogP contribution in [0.15, 0.2) is 24.3 Å². The fraction of sp³-hybridized carbons (Fsp3) is 0.500. The van der Waals surface area contributed by atoms with Crippen LogP contribution in [0.2, 0.25) is 0 Å². The Hall–Kier alpha value is -1.35. The van der Waals surface area contributed by atoms with Gasteiger partial charge < -0.3 is 10.6 Å². The highest BCUT2D eigenvalue weighted by molar-refractivity contribution is 5.92. The number of benzene rings is 1. The van der Waals surface area contributed by atoms with E-state index in [4.69, 9.17) is 5.73 Å². The SMILES string of the molecule is CCCc1ccc(N(C)C(=O)CCCN)cc1. The lowest BCUT2D eigenvalue weighted by atomic mass is 10.1. The van der Waals surface area contributed by atoms with Crippen LogP contribution in [0.25, 0.3) is 0 Å². The maximum absolute atomic E-state index is 11.8. The number of aryl methyl sites for hydroxylation is 1. The maximum atomic E-state index is 11.8. The van der Waals surface area contributed by atoms with Crippen LogP contribution in [-0.2, 0) is 11.2 Å². The molecule has 3 nitrogen and oxygen atoms in total. The Morgan fingerprint density at radius 3 is 2.47 bits per heavy atom. The second-order valence-electron chi connectivity index (χ2n) is 4.26. The number of nitrogens with zero attached hydrogens (tertiary/aromatic N) is 1. The van der Waals surface area contributed by atoms with Gasteiger partial charge in [0.1, 0.15) is 0 Å². The lowest BCUT2D eigenvalue weighted by molar-refractivity contribution is -0.118. The third kappa shape index (κ3) is 4.19. The van der Waals surface area contributed by atoms with Gasteiger partial charge in [0.25, 0.3) is 0 Å². The molecular weight excluding hydrogens is 212 g/mol. The van der Waals surface area contributed by atoms with Crippen LogP contribution in [0.3, 0.4) is 0 Å². The summed E-state index contributed by atoms with van der Waals surface area (Å²) in [4.78, 5) is 13.5. The Kier molecular flexibility index (Phi) is 5.70. The van der Waals surface area contributed by atoms with Gasteiger partial charge in [0.2, 0.25) is 5.91 Å². The first-order valence-electron chi connectivity index (χ1n) is 6.24. The van der Waals surface area contributed by atoms with Crippen molar-refractivity contribution in [2.45, 2.75) is 32.6 Å². The van der Waals surface area contributed by atoms with E-state index in [-0.39, 0.29) is 5.91 Å². The summed E-state index contributed by atoms with van der Waals surface area (Å²) in [5, 5.41) is 0. The van der Waals surface area contributed by atoms with E-state index in [1.807, 2.05) is 19.2 Å². The van der Waals surface area contributed by atoms with Crippen LogP contribution in [0, 0.1) is 0 Å². The molecule has 1 aromatic carbocycles. The van der Waals surface area contributed by atoms with E-state index in [2.05, 4.69) is 19.1 Å². The van der Waals surface area contributed by atoms with Crippen LogP contribution in [0.4, 0.5) is 5.69 Å². The number of hydrogen-bond donors (Lipinski definition) is 1. The first kappa shape index (κ1) is 13.7. The number of nitrogens with two attached hydrogens (primary N) is 1. The molecule has 0 unspecified atom stereocenters. The Balaban J connectivity index is 2.62. The number of carbonyl (C=O) groups excluding carboxylic acids is 1. The zero-order valence-corrected chi connectivity index (χ0v) is 10.8. The Labute approximate surface area is 104 Å². The first-order chi connectivity index (χ1) is 8.19. The van der Waals surface area contributed by atoms with E-state index in [1.54, 1.807) is 4.90 Å². The lowest BCUT2D eigenvalue weighted by Crippen LogP contribution is -2.26. The second kappa shape index (κ2) is 7.07. The molecule has 0 heterocycles. The molecule has 1 amide bonds. The van der Waals surface area contributed by atoms with Crippen molar-refractivity contribution in [3.05, 3.63) is 29.8 Å². The monoisotopic (exact) mass is 234 g/mol. The third-order valence-corrected chi connectivity index (χ3v) is 2.83. The molecule has 0 aliphatic rings. The third-order valence-electron chi connectivity index (χ3n) is 2.83. The standard InChI is InChI=1S/C14H22N2O/c1-3-5-12-7-9-13(10-8-12)16(2)14(17)6-4-11-15/h7-10H,3-6,11,15H2,1-2H3. The highest BCUT2D eigenvalue weighted by Gasteiger charge is 2.09. The summed E-state index contributed by atoms with van der Waals surface area (Å²) in [5.74, 6) is 0.124. The summed E-state index contributed by atoms with van der Waals surface area (Å²) in [6, 6.07) is 8.19. The Bertz CT molecular complexity index is 346. The van der Waals surface area contributed by atoms with Crippen molar-refractivity contribution in [3.8, 4) is 0 Å². The topological polar surface area (TPSA) is 46.3 Å². The molecular formula is C14H22N2O. The van der Waals surface area contributed by atoms with Crippen LogP contribution in [0.5, 0.6) is 0 Å². The molecule has 0 saturated heterocycles. The van der Waals surface area contributed by atoms with Gasteiger partial charge in [-0.05, 0) is 37.1 Å². The quantitative estimate of drug-likeness (QED) is 0.821. The lowest BCUT2D eigenvalue weighted by Gasteiger charge is -2.17. The Morgan fingerprint density at radius 1 is 1.29 bits per heavy atom. The molecule has 1 rings (SSSR count). The summed E-state index contributed by atoms with van der Waals surface area (Å²) in [5.41, 5.74) is 7.67. The van der Waals surface area contributed by atoms with Crippen molar-refractivity contribution in [2.24, 2.45) is 5.73 Å². The first-order valence-corrected chi connectivity index (χ1v) is 6.24. The molecule has 0 atom stereocenters. The normalized spacial score (nSPS) is 10.3. The van der Waals surface area contributed by atoms with Crippen molar-refractivity contribution < 1.29 is 4.79 Å².